The summed E-state index contributed by atoms with van der Waals surface area (Å²) >= 11 is 0. The minimum Gasteiger partial charge on any atom is -0.493 e. The molecule has 0 N–H and O–H groups in total. The van der Waals surface area contributed by atoms with Crippen LogP contribution in [0.4, 0.5) is 0 Å². The van der Waals surface area contributed by atoms with Gasteiger partial charge in [-0.05, 0) is 87.3 Å². The summed E-state index contributed by atoms with van der Waals surface area (Å²) in [6.07, 6.45) is 5.53. The summed E-state index contributed by atoms with van der Waals surface area (Å²) in [5.41, 5.74) is 3.34. The lowest BCUT2D eigenvalue weighted by Gasteiger charge is -2.38. The average Bonchev–Trinajstić information content (AvgIpc) is 3.01. The predicted octanol–water partition coefficient (Wildman–Crippen LogP) is 6.48. The van der Waals surface area contributed by atoms with E-state index >= 15 is 0 Å². The monoisotopic (exact) mass is 603 g/mol. The summed E-state index contributed by atoms with van der Waals surface area (Å²) in [6, 6.07) is 10.9. The Morgan fingerprint density at radius 3 is 2.23 bits per heavy atom. The van der Waals surface area contributed by atoms with E-state index < -0.39 is 23.8 Å². The Morgan fingerprint density at radius 1 is 0.864 bits per heavy atom. The Labute approximate surface area is 258 Å². The first-order valence-electron chi connectivity index (χ1n) is 15.4. The van der Waals surface area contributed by atoms with Gasteiger partial charge < -0.3 is 23.7 Å². The van der Waals surface area contributed by atoms with Crippen molar-refractivity contribution >= 4 is 23.4 Å². The summed E-state index contributed by atoms with van der Waals surface area (Å²) in [7, 11) is 3.18. The molecule has 0 aromatic heterocycles. The fourth-order valence-corrected chi connectivity index (χ4v) is 6.77. The highest BCUT2D eigenvalue weighted by atomic mass is 16.6. The summed E-state index contributed by atoms with van der Waals surface area (Å²) in [5.74, 6) is -0.403. The van der Waals surface area contributed by atoms with Crippen molar-refractivity contribution in [2.45, 2.75) is 83.7 Å². The van der Waals surface area contributed by atoms with Gasteiger partial charge in [-0.3, -0.25) is 14.6 Å². The third-order valence-corrected chi connectivity index (χ3v) is 8.76. The number of nitrogens with zero attached hydrogens (tertiary/aromatic N) is 1. The number of ketones is 1. The maximum Gasteiger partial charge on any atom is 0.336 e. The molecule has 5 rings (SSSR count). The van der Waals surface area contributed by atoms with Gasteiger partial charge in [0.05, 0.1) is 32.3 Å². The average molecular weight is 604 g/mol. The number of ether oxygens (including phenoxy) is 5. The van der Waals surface area contributed by atoms with Crippen LogP contribution in [0.25, 0.3) is 0 Å². The molecule has 234 valence electrons. The second-order valence-corrected chi connectivity index (χ2v) is 11.6. The standard InChI is InChI=1S/C35H41NO8/c1-6-42-31-19-23(13-15-29(31)43-21(3)37)33-32(35(39)44-25-10-8-7-9-11-25)20(2)36-26-16-24(17-27(38)34(26)33)22-12-14-28(40-4)30(18-22)41-5/h12-15,18-19,24-25,33-34H,6-11,16-17H2,1-5H3/t24-,33+,34?/m1/s1. The van der Waals surface area contributed by atoms with Crippen molar-refractivity contribution in [3.05, 3.63) is 58.8 Å². The van der Waals surface area contributed by atoms with Gasteiger partial charge in [0.15, 0.2) is 23.0 Å². The fourth-order valence-electron chi connectivity index (χ4n) is 6.77. The maximum absolute atomic E-state index is 14.1. The number of fused-ring (bicyclic) bond motifs is 1. The molecule has 0 radical (unpaired) electrons. The molecule has 0 spiro atoms. The molecule has 2 aliphatic carbocycles. The van der Waals surface area contributed by atoms with Crippen molar-refractivity contribution < 1.29 is 38.1 Å². The Morgan fingerprint density at radius 2 is 1.55 bits per heavy atom. The van der Waals surface area contributed by atoms with E-state index in [2.05, 4.69) is 0 Å². The molecule has 2 saturated carbocycles. The van der Waals surface area contributed by atoms with Crippen LogP contribution in [0.5, 0.6) is 23.0 Å². The number of aliphatic imine (C=N–C) groups is 1. The second kappa shape index (κ2) is 13.7. The molecule has 3 aliphatic rings. The topological polar surface area (TPSA) is 110 Å². The number of Topliss-reactive ketones (excluding diaryl/α,β-unsaturated/α-hetero) is 1. The van der Waals surface area contributed by atoms with Crippen LogP contribution in [0, 0.1) is 5.92 Å². The molecule has 9 heteroatoms. The molecule has 2 aromatic carbocycles. The number of carbonyl (C=O) groups is 3. The zero-order valence-corrected chi connectivity index (χ0v) is 26.1. The SMILES string of the molecule is CCOc1cc([C@H]2C(C(=O)OC3CCCCC3)=C(C)N=C3C[C@@H](c4ccc(OC)c(OC)c4)CC(=O)C32)ccc1OC(C)=O. The van der Waals surface area contributed by atoms with Gasteiger partial charge in [0.1, 0.15) is 11.9 Å². The highest BCUT2D eigenvalue weighted by Gasteiger charge is 2.46. The van der Waals surface area contributed by atoms with Crippen LogP contribution in [0.2, 0.25) is 0 Å². The number of hydrogen-bond donors (Lipinski definition) is 0. The van der Waals surface area contributed by atoms with Crippen molar-refractivity contribution in [2.75, 3.05) is 20.8 Å². The van der Waals surface area contributed by atoms with E-state index in [-0.39, 0.29) is 30.0 Å². The van der Waals surface area contributed by atoms with E-state index in [1.165, 1.54) is 6.92 Å². The van der Waals surface area contributed by atoms with E-state index in [0.29, 0.717) is 47.1 Å². The highest BCUT2D eigenvalue weighted by Crippen LogP contribution is 2.48. The first kappa shape index (κ1) is 31.3. The van der Waals surface area contributed by atoms with Gasteiger partial charge in [-0.15, -0.1) is 0 Å². The van der Waals surface area contributed by atoms with Crippen LogP contribution in [-0.2, 0) is 19.1 Å². The van der Waals surface area contributed by atoms with Crippen molar-refractivity contribution in [2.24, 2.45) is 10.9 Å². The van der Waals surface area contributed by atoms with E-state index in [1.807, 2.05) is 32.0 Å². The van der Waals surface area contributed by atoms with Crippen molar-refractivity contribution in [1.29, 1.82) is 0 Å². The van der Waals surface area contributed by atoms with Gasteiger partial charge >= 0.3 is 11.9 Å². The molecule has 1 unspecified atom stereocenters. The molecule has 44 heavy (non-hydrogen) atoms. The van der Waals surface area contributed by atoms with Gasteiger partial charge in [-0.25, -0.2) is 4.79 Å². The van der Waals surface area contributed by atoms with Crippen LogP contribution in [0.15, 0.2) is 52.7 Å². The minimum atomic E-state index is -0.641. The number of carbonyl (C=O) groups excluding carboxylic acids is 3. The first-order chi connectivity index (χ1) is 21.2. The molecular weight excluding hydrogens is 562 g/mol. The lowest BCUT2D eigenvalue weighted by molar-refractivity contribution is -0.146. The number of methoxy groups -OCH3 is 2. The normalized spacial score (nSPS) is 22.1. The van der Waals surface area contributed by atoms with Crippen LogP contribution in [-0.4, -0.2) is 50.4 Å². The third-order valence-electron chi connectivity index (χ3n) is 8.76. The quantitative estimate of drug-likeness (QED) is 0.237. The van der Waals surface area contributed by atoms with E-state index in [1.54, 1.807) is 32.4 Å². The van der Waals surface area contributed by atoms with Gasteiger partial charge in [-0.1, -0.05) is 18.6 Å². The van der Waals surface area contributed by atoms with E-state index in [9.17, 15) is 14.4 Å². The summed E-state index contributed by atoms with van der Waals surface area (Å²) in [5, 5.41) is 0. The maximum atomic E-state index is 14.1. The van der Waals surface area contributed by atoms with Gasteiger partial charge in [0, 0.05) is 30.7 Å². The predicted molar refractivity (Wildman–Crippen MR) is 165 cm³/mol. The van der Waals surface area contributed by atoms with Crippen LogP contribution >= 0.6 is 0 Å². The summed E-state index contributed by atoms with van der Waals surface area (Å²) in [4.78, 5) is 44.7. The molecule has 2 aromatic rings. The van der Waals surface area contributed by atoms with E-state index in [4.69, 9.17) is 28.7 Å². The Bertz CT molecular complexity index is 1490. The number of allylic oxidation sites excluding steroid dienone is 1. The Balaban J connectivity index is 1.56. The van der Waals surface area contributed by atoms with Crippen molar-refractivity contribution in [3.8, 4) is 23.0 Å². The number of benzene rings is 2. The van der Waals surface area contributed by atoms with Gasteiger partial charge in [-0.2, -0.15) is 0 Å². The first-order valence-corrected chi connectivity index (χ1v) is 15.4. The molecule has 0 bridgehead atoms. The summed E-state index contributed by atoms with van der Waals surface area (Å²) in [6.45, 7) is 5.32. The number of hydrogen-bond acceptors (Lipinski definition) is 9. The lowest BCUT2D eigenvalue weighted by atomic mass is 9.66. The van der Waals surface area contributed by atoms with E-state index in [0.717, 1.165) is 43.4 Å². The molecule has 9 nitrogen and oxygen atoms in total. The molecule has 0 amide bonds. The third kappa shape index (κ3) is 6.51. The van der Waals surface area contributed by atoms with Crippen LogP contribution in [0.3, 0.4) is 0 Å². The molecule has 2 fully saturated rings. The minimum absolute atomic E-state index is 0.00252. The Kier molecular flexibility index (Phi) is 9.71. The zero-order chi connectivity index (χ0) is 31.4. The molecule has 3 atom stereocenters. The zero-order valence-electron chi connectivity index (χ0n) is 26.1. The van der Waals surface area contributed by atoms with Crippen LogP contribution in [0.1, 0.15) is 88.7 Å². The Hall–Kier alpha value is -4.14. The molecule has 0 saturated heterocycles. The smallest absolute Gasteiger partial charge is 0.336 e. The number of esters is 2. The number of rotatable bonds is 9. The molecular formula is C35H41NO8. The largest absolute Gasteiger partial charge is 0.493 e. The molecule has 1 aliphatic heterocycles. The van der Waals surface area contributed by atoms with Crippen molar-refractivity contribution in [1.82, 2.24) is 0 Å². The second-order valence-electron chi connectivity index (χ2n) is 11.6. The van der Waals surface area contributed by atoms with Gasteiger partial charge in [0.25, 0.3) is 0 Å². The lowest BCUT2D eigenvalue weighted by Crippen LogP contribution is -2.41. The molecule has 1 heterocycles. The van der Waals surface area contributed by atoms with Crippen LogP contribution < -0.4 is 18.9 Å². The fraction of sp³-hybridized carbons (Fsp3) is 0.486. The van der Waals surface area contributed by atoms with Crippen molar-refractivity contribution in [3.63, 3.8) is 0 Å². The van der Waals surface area contributed by atoms with Gasteiger partial charge in [0.2, 0.25) is 0 Å². The highest BCUT2D eigenvalue weighted by molar-refractivity contribution is 6.12. The summed E-state index contributed by atoms with van der Waals surface area (Å²) < 4.78 is 28.2.